The van der Waals surface area contributed by atoms with Gasteiger partial charge in [-0.2, -0.15) is 52.7 Å². The number of aliphatic hydroxyl groups excluding tert-OH is 5. The van der Waals surface area contributed by atoms with Crippen LogP contribution in [-0.2, 0) is 61.2 Å². The topological polar surface area (TPSA) is 508 Å². The molecule has 4 fully saturated rings. The number of terminal acetylenes is 1. The summed E-state index contributed by atoms with van der Waals surface area (Å²) in [7, 11) is -5.91. The Morgan fingerprint density at radius 3 is 1.07 bits per heavy atom. The Morgan fingerprint density at radius 1 is 0.490 bits per heavy atom. The molecule has 0 spiro atoms. The van der Waals surface area contributed by atoms with Crippen molar-refractivity contribution in [1.29, 1.82) is 0 Å². The van der Waals surface area contributed by atoms with Crippen molar-refractivity contribution in [3.8, 4) is 47.9 Å². The van der Waals surface area contributed by atoms with Gasteiger partial charge in [0.15, 0.2) is 6.29 Å². The molecule has 149 heavy (non-hydrogen) atoms. The lowest BCUT2D eigenvalue weighted by atomic mass is 10.2. The number of nitrogens with one attached hydrogen (secondary N) is 7. The number of aliphatic hydroxyl groups is 5. The zero-order valence-corrected chi connectivity index (χ0v) is 85.5. The number of carbonyl (C=O) groups is 4. The number of nitrogens with zero attached hydrogens (tertiary/aromatic N) is 4. The molecule has 0 aliphatic carbocycles. The monoisotopic (exact) mass is 2290 g/mol. The molecule has 0 bridgehead atoms. The van der Waals surface area contributed by atoms with Crippen molar-refractivity contribution in [3.63, 3.8) is 0 Å². The maximum atomic E-state index is 13.0. The van der Waals surface area contributed by atoms with E-state index in [1.165, 1.54) is 28.5 Å². The number of amides is 3. The van der Waals surface area contributed by atoms with Gasteiger partial charge in [0.2, 0.25) is 5.78 Å². The van der Waals surface area contributed by atoms with Crippen molar-refractivity contribution < 1.29 is 154 Å². The van der Waals surface area contributed by atoms with E-state index in [4.69, 9.17) is 59.4 Å². The molecule has 12 rings (SSSR count). The van der Waals surface area contributed by atoms with E-state index in [0.717, 1.165) is 53.4 Å². The molecule has 4 aromatic heterocycles. The molecule has 52 heteroatoms. The predicted molar refractivity (Wildman–Crippen MR) is 539 cm³/mol. The molecule has 8 aromatic rings. The van der Waals surface area contributed by atoms with Crippen molar-refractivity contribution in [2.45, 2.75) is 216 Å². The van der Waals surface area contributed by atoms with Gasteiger partial charge in [0, 0.05) is 84.7 Å². The first kappa shape index (κ1) is 117. The first-order valence-corrected chi connectivity index (χ1v) is 50.4. The molecule has 8 heterocycles. The average molecular weight is 2290 g/mol. The van der Waals surface area contributed by atoms with Crippen LogP contribution in [0.1, 0.15) is 157 Å². The molecule has 4 aliphatic rings. The molecule has 13 atom stereocenters. The molecular formula is C97H122F12IN11O26Si2. The molecule has 1 unspecified atom stereocenters. The van der Waals surface area contributed by atoms with Gasteiger partial charge in [-0.3, -0.25) is 76.6 Å². The summed E-state index contributed by atoms with van der Waals surface area (Å²) in [5.41, 5.74) is -6.74. The van der Waals surface area contributed by atoms with E-state index in [-0.39, 0.29) is 81.5 Å². The van der Waals surface area contributed by atoms with Crippen LogP contribution in [0.2, 0.25) is 10.1 Å². The average Bonchev–Trinajstić information content (AvgIpc) is 1.46. The van der Waals surface area contributed by atoms with Crippen LogP contribution in [0, 0.1) is 51.4 Å². The van der Waals surface area contributed by atoms with Crippen LogP contribution in [-0.4, -0.2) is 243 Å². The lowest BCUT2D eigenvalue weighted by Crippen LogP contribution is -2.67. The van der Waals surface area contributed by atoms with E-state index in [9.17, 15) is 126 Å². The Balaban J connectivity index is 0.00000103. The fraction of sp³-hybridized carbons (Fsp3) is 0.443. The first-order valence-electron chi connectivity index (χ1n) is 49.5. The van der Waals surface area contributed by atoms with Crippen molar-refractivity contribution in [2.24, 2.45) is 0 Å². The quantitative estimate of drug-likeness (QED) is 0.00685. The third kappa shape index (κ3) is 34.7. The van der Waals surface area contributed by atoms with Crippen molar-refractivity contribution in [3.05, 3.63) is 263 Å². The lowest BCUT2D eigenvalue weighted by molar-refractivity contribution is -0.173. The summed E-state index contributed by atoms with van der Waals surface area (Å²) in [4.78, 5) is 148. The summed E-state index contributed by atoms with van der Waals surface area (Å²) >= 11 is 1.80. The maximum absolute atomic E-state index is 13.0. The SMILES string of the molecule is C#CCCC(=O)C(F)(F)F.C=COCC.CC(C)(C)[Si](OC[C@H]1O[C@@H](n2cc(C#CCNC(=O)C(F)(F)F)c(=O)[nH]c2=O)C[C@H]1O)(c1ccccc1)c1ccccc1.CCOC(C)O[C@@H]1C[C@H](n2cc(C#CCNC(=O)C(F)(F)F)c(=O)[nH]c2=O)O[C@@H]1CO[Si](c1ccccc1)(c1ccccc1)C(C)(C)C.O=C(NCC#Cc1cn([C@H]2C[C@@H](O)[C@@H](CO)O2)c(=O)[nH]c1=O)C(F)(F)F.O=c1[nH]c(=O)n([C@H]2C[C@@H](O)[C@@H](CO)O2)cc1I.[3HH].[3HH].[3H][3H].[3H][3H].[3H][3H].[3H][3H]. The lowest BCUT2D eigenvalue weighted by Gasteiger charge is -2.43. The van der Waals surface area contributed by atoms with Crippen molar-refractivity contribution in [2.75, 3.05) is 59.3 Å². The van der Waals surface area contributed by atoms with Crippen LogP contribution in [0.3, 0.4) is 0 Å². The fourth-order valence-electron chi connectivity index (χ4n) is 15.3. The summed E-state index contributed by atoms with van der Waals surface area (Å²) in [6, 6.07) is 40.0. The highest BCUT2D eigenvalue weighted by Gasteiger charge is 2.54. The number of aromatic nitrogens is 8. The number of hydrogen-bond acceptors (Lipinski definition) is 26. The molecule has 37 nitrogen and oxygen atoms in total. The molecule has 0 saturated carbocycles. The van der Waals surface area contributed by atoms with Gasteiger partial charge in [-0.05, 0) is 74.2 Å². The van der Waals surface area contributed by atoms with Gasteiger partial charge < -0.3 is 83.5 Å². The van der Waals surface area contributed by atoms with E-state index in [2.05, 4.69) is 134 Å². The number of hydrogen-bond donors (Lipinski definition) is 12. The fourth-order valence-corrected chi connectivity index (χ4v) is 24.9. The Bertz CT molecular complexity index is 6570. The highest BCUT2D eigenvalue weighted by atomic mass is 127. The third-order valence-electron chi connectivity index (χ3n) is 22.3. The Hall–Kier alpha value is -12.7. The van der Waals surface area contributed by atoms with Gasteiger partial charge >= 0.3 is 65.2 Å². The minimum atomic E-state index is -5.07. The van der Waals surface area contributed by atoms with Gasteiger partial charge in [0.1, 0.15) is 66.0 Å². The zero-order valence-electron chi connectivity index (χ0n) is 89.3. The molecule has 820 valence electrons. The molecule has 0 radical (unpaired) electrons. The van der Waals surface area contributed by atoms with Crippen molar-refractivity contribution in [1.82, 2.24) is 54.2 Å². The van der Waals surface area contributed by atoms with Crippen LogP contribution in [0.4, 0.5) is 52.7 Å². The summed E-state index contributed by atoms with van der Waals surface area (Å²) in [5, 5.41) is 56.5. The van der Waals surface area contributed by atoms with E-state index in [0.29, 0.717) is 10.2 Å². The summed E-state index contributed by atoms with van der Waals surface area (Å²) < 4.78 is 243. The van der Waals surface area contributed by atoms with Gasteiger partial charge in [-0.1, -0.05) is 205 Å². The summed E-state index contributed by atoms with van der Waals surface area (Å²) in [6.07, 6.45) is -20.1. The highest BCUT2D eigenvalue weighted by Crippen LogP contribution is 2.41. The van der Waals surface area contributed by atoms with Crippen LogP contribution < -0.4 is 81.7 Å². The van der Waals surface area contributed by atoms with E-state index in [1.54, 1.807) is 40.1 Å². The maximum Gasteiger partial charge on any atom is 0.471 e. The van der Waals surface area contributed by atoms with Crippen LogP contribution >= 0.6 is 22.6 Å². The number of halogens is 13. The van der Waals surface area contributed by atoms with Gasteiger partial charge in [0.25, 0.3) is 38.9 Å². The second-order valence-corrected chi connectivity index (χ2v) is 44.4. The number of benzene rings is 4. The molecular weight excluding hydrogens is 2150 g/mol. The predicted octanol–water partition coefficient (Wildman–Crippen LogP) is 6.15. The van der Waals surface area contributed by atoms with Gasteiger partial charge in [-0.25, -0.2) is 19.2 Å². The third-order valence-corrected chi connectivity index (χ3v) is 33.1. The van der Waals surface area contributed by atoms with Crippen LogP contribution in [0.15, 0.2) is 197 Å². The molecule has 3 amide bonds. The normalized spacial score (nSPS) is 19.9. The number of rotatable bonds is 27. The van der Waals surface area contributed by atoms with Gasteiger partial charge in [0.05, 0.1) is 86.9 Å². The summed E-state index contributed by atoms with van der Waals surface area (Å²) in [5.74, 6) is 7.45. The Kier molecular flexibility index (Phi) is 43.6. The van der Waals surface area contributed by atoms with Crippen LogP contribution in [0.5, 0.6) is 0 Å². The Morgan fingerprint density at radius 2 is 0.792 bits per heavy atom. The number of alkyl halides is 12. The molecule has 12 N–H and O–H groups in total. The number of ether oxygens (including phenoxy) is 7. The largest absolute Gasteiger partial charge is 0.502 e. The number of ketones is 1. The first-order chi connectivity index (χ1) is 74.0. The molecule has 4 saturated heterocycles. The van der Waals surface area contributed by atoms with Crippen LogP contribution in [0.25, 0.3) is 0 Å². The minimum Gasteiger partial charge on any atom is -0.502 e. The second kappa shape index (κ2) is 55.7. The number of H-pyrrole nitrogens is 4. The minimum absolute atomic E-state index is 0. The number of aromatic amines is 4. The second-order valence-electron chi connectivity index (χ2n) is 34.6. The number of carbonyl (C=O) groups excluding carboxylic acids is 4. The zero-order chi connectivity index (χ0) is 119. The van der Waals surface area contributed by atoms with E-state index >= 15 is 0 Å². The smallest absolute Gasteiger partial charge is 0.471 e. The van der Waals surface area contributed by atoms with Crippen molar-refractivity contribution >= 4 is 83.5 Å². The summed E-state index contributed by atoms with van der Waals surface area (Å²) in [6.45, 7) is 20.1. The van der Waals surface area contributed by atoms with E-state index < -0.39 is 223 Å². The highest BCUT2D eigenvalue weighted by molar-refractivity contribution is 14.1. The standard InChI is InChI=1S/C34H40F3N3O7Si.C30H32F3N3O6Si.C14H14F3N3O6.C9H11IN2O5.C6H5F3O.C4H8O.6H2/c1-6-44-23(2)46-27-20-29(40-21-24(30(41)39-32(40)43)14-13-19-38-31(42)34(35,36)37)47-28(27)22-45-48(33(3,4)5,25-15-9-7-10-16-25)26-17-11-8-12-18-26;1-29(2,3)43(21-12-6-4-7-13-21,22-14-8-5-9-15-22)41-19-24-23(37)17-25(42-24)36-18-20(26(38)35-28(36)40)11-10-16-34-27(39)30(31,32)33;15-14(16,17)12(24)18-3-1-2-7-5-20(13(25)19-11(7)23)10-4-8(22)9(6-21)26-10;10-4-2-12(9(16)11-8(4)15)7-1-5(14)6(3-13)17-7;1-2-3-4-5(10)6(7,8)9;1-3-5-4-2;;;;;;/h7-12,15-18,21,23,27-29H,6,19-20,22H2,1-5H3,(H,38,42)(H,39,41,43);4-9,12-15,18,23-25,37H,16-17,19H2,1-3H3,(H,34,39)(H,35,38,40);5,8-10,21-22H,3-4,6H2,(H,18,24)(H,19,23,25);2,5-7,13-14H,1,3H2,(H,11,15,16);1H,3-4H2;3H,1,4H2,2H3;6*1H/t23?,27-,28-,29-;23-,24-,25-;8-,9-,10-;5-,6-,7-;;;;;;;;/m1111......../s1/i;;;;;;4*1+2T;2*1+2. The molecule has 4 aromatic carbocycles. The van der Waals surface area contributed by atoms with E-state index in [1.807, 2.05) is 122 Å². The number of Topliss-reactive ketones (excluding diaryl/α,β-unsaturated/α-hetero) is 1. The molecule has 4 aliphatic heterocycles. The Labute approximate surface area is 873 Å². The van der Waals surface area contributed by atoms with Gasteiger partial charge in [-0.15, -0.1) is 12.3 Å².